The highest BCUT2D eigenvalue weighted by molar-refractivity contribution is 7.89. The fourth-order valence-corrected chi connectivity index (χ4v) is 2.42. The molecule has 0 heterocycles. The third-order valence-corrected chi connectivity index (χ3v) is 3.85. The average molecular weight is 326 g/mol. The molecule has 0 spiro atoms. The number of nitrogens with one attached hydrogen (secondary N) is 1. The van der Waals surface area contributed by atoms with E-state index in [1.54, 1.807) is 4.72 Å². The van der Waals surface area contributed by atoms with Crippen molar-refractivity contribution in [2.24, 2.45) is 0 Å². The molecule has 118 valence electrons. The Morgan fingerprint density at radius 2 is 2.10 bits per heavy atom. The number of rotatable bonds is 7. The number of nitro benzene ring substituents is 1. The second-order valence-electron chi connectivity index (χ2n) is 3.84. The van der Waals surface area contributed by atoms with Gasteiger partial charge in [-0.05, 0) is 12.1 Å². The lowest BCUT2D eigenvalue weighted by Gasteiger charge is -2.11. The first kappa shape index (κ1) is 17.2. The first-order valence-corrected chi connectivity index (χ1v) is 6.95. The highest BCUT2D eigenvalue weighted by Crippen LogP contribution is 2.29. The lowest BCUT2D eigenvalue weighted by atomic mass is 10.3. The van der Waals surface area contributed by atoms with Crippen LogP contribution in [0.25, 0.3) is 0 Å². The summed E-state index contributed by atoms with van der Waals surface area (Å²) < 4.78 is 54.2. The quantitative estimate of drug-likeness (QED) is 0.556. The van der Waals surface area contributed by atoms with Gasteiger partial charge in [0.1, 0.15) is 6.10 Å². The van der Waals surface area contributed by atoms with Gasteiger partial charge in [-0.3, -0.25) is 10.1 Å². The molecule has 0 aliphatic heterocycles. The standard InChI is InChI=1S/C10H12F2N2O6S/c1-20-9-3-2-6(4-7(9)14(16)17)21(18,19)13-5-8(15)10(11)12/h2-4,8,10,13,15H,5H2,1H3. The van der Waals surface area contributed by atoms with Crippen LogP contribution in [0.5, 0.6) is 5.75 Å². The molecule has 21 heavy (non-hydrogen) atoms. The summed E-state index contributed by atoms with van der Waals surface area (Å²) in [5.74, 6) is -0.147. The van der Waals surface area contributed by atoms with Gasteiger partial charge in [-0.1, -0.05) is 0 Å². The summed E-state index contributed by atoms with van der Waals surface area (Å²) in [5, 5.41) is 19.6. The molecule has 11 heteroatoms. The van der Waals surface area contributed by atoms with Crippen LogP contribution in [0, 0.1) is 10.1 Å². The largest absolute Gasteiger partial charge is 0.490 e. The molecule has 2 N–H and O–H groups in total. The molecule has 1 atom stereocenters. The second kappa shape index (κ2) is 6.74. The number of benzene rings is 1. The highest BCUT2D eigenvalue weighted by atomic mass is 32.2. The molecule has 0 radical (unpaired) electrons. The molecule has 0 saturated heterocycles. The molecule has 0 bridgehead atoms. The van der Waals surface area contributed by atoms with Crippen LogP contribution in [-0.4, -0.2) is 44.6 Å². The van der Waals surface area contributed by atoms with Gasteiger partial charge >= 0.3 is 5.69 Å². The number of hydrogen-bond acceptors (Lipinski definition) is 6. The van der Waals surface area contributed by atoms with Crippen LogP contribution in [-0.2, 0) is 10.0 Å². The van der Waals surface area contributed by atoms with E-state index >= 15 is 0 Å². The van der Waals surface area contributed by atoms with Crippen LogP contribution >= 0.6 is 0 Å². The van der Waals surface area contributed by atoms with Crippen molar-refractivity contribution in [1.29, 1.82) is 0 Å². The maximum atomic E-state index is 12.1. The molecule has 1 unspecified atom stereocenters. The maximum Gasteiger partial charge on any atom is 0.312 e. The van der Waals surface area contributed by atoms with Crippen LogP contribution in [0.2, 0.25) is 0 Å². The van der Waals surface area contributed by atoms with Crippen molar-refractivity contribution in [3.8, 4) is 5.75 Å². The zero-order chi connectivity index (χ0) is 16.2. The minimum absolute atomic E-state index is 0.147. The Bertz CT molecular complexity index is 622. The number of nitrogens with zero attached hydrogens (tertiary/aromatic N) is 1. The summed E-state index contributed by atoms with van der Waals surface area (Å²) in [6.45, 7) is -0.917. The first-order chi connectivity index (χ1) is 9.69. The van der Waals surface area contributed by atoms with Gasteiger partial charge in [-0.2, -0.15) is 0 Å². The summed E-state index contributed by atoms with van der Waals surface area (Å²) >= 11 is 0. The smallest absolute Gasteiger partial charge is 0.312 e. The number of aliphatic hydroxyl groups is 1. The second-order valence-corrected chi connectivity index (χ2v) is 5.61. The normalized spacial score (nSPS) is 13.2. The Morgan fingerprint density at radius 1 is 1.48 bits per heavy atom. The van der Waals surface area contributed by atoms with E-state index in [2.05, 4.69) is 0 Å². The van der Waals surface area contributed by atoms with Crippen molar-refractivity contribution in [3.63, 3.8) is 0 Å². The van der Waals surface area contributed by atoms with E-state index < -0.39 is 44.6 Å². The Kier molecular flexibility index (Phi) is 5.52. The molecule has 8 nitrogen and oxygen atoms in total. The lowest BCUT2D eigenvalue weighted by molar-refractivity contribution is -0.386. The summed E-state index contributed by atoms with van der Waals surface area (Å²) in [4.78, 5) is 9.44. The summed E-state index contributed by atoms with van der Waals surface area (Å²) in [6.07, 6.45) is -5.29. The SMILES string of the molecule is COc1ccc(S(=O)(=O)NCC(O)C(F)F)cc1[N+](=O)[O-]. The first-order valence-electron chi connectivity index (χ1n) is 5.47. The average Bonchev–Trinajstić information content (AvgIpc) is 2.43. The van der Waals surface area contributed by atoms with Gasteiger partial charge in [-0.25, -0.2) is 21.9 Å². The number of sulfonamides is 1. The van der Waals surface area contributed by atoms with Crippen molar-refractivity contribution < 1.29 is 32.0 Å². The van der Waals surface area contributed by atoms with E-state index in [9.17, 15) is 27.3 Å². The van der Waals surface area contributed by atoms with Crippen LogP contribution < -0.4 is 9.46 Å². The van der Waals surface area contributed by atoms with Crippen LogP contribution in [0.3, 0.4) is 0 Å². The van der Waals surface area contributed by atoms with Gasteiger partial charge in [0.05, 0.1) is 16.9 Å². The maximum absolute atomic E-state index is 12.1. The fraction of sp³-hybridized carbons (Fsp3) is 0.400. The molecule has 0 amide bonds. The molecule has 0 fully saturated rings. The molecule has 1 aromatic rings. The van der Waals surface area contributed by atoms with Crippen molar-refractivity contribution in [3.05, 3.63) is 28.3 Å². The molecule has 0 aromatic heterocycles. The Morgan fingerprint density at radius 3 is 2.57 bits per heavy atom. The van der Waals surface area contributed by atoms with E-state index in [0.29, 0.717) is 0 Å². The van der Waals surface area contributed by atoms with Crippen LogP contribution in [0.1, 0.15) is 0 Å². The third-order valence-electron chi connectivity index (χ3n) is 2.43. The zero-order valence-electron chi connectivity index (χ0n) is 10.7. The van der Waals surface area contributed by atoms with E-state index in [4.69, 9.17) is 9.84 Å². The molecule has 1 aromatic carbocycles. The molecule has 1 rings (SSSR count). The molecular weight excluding hydrogens is 314 g/mol. The predicted octanol–water partition coefficient (Wildman–Crippen LogP) is 0.508. The predicted molar refractivity (Wildman–Crippen MR) is 66.8 cm³/mol. The molecule has 0 aliphatic carbocycles. The number of hydrogen-bond donors (Lipinski definition) is 2. The van der Waals surface area contributed by atoms with Crippen molar-refractivity contribution in [2.45, 2.75) is 17.4 Å². The van der Waals surface area contributed by atoms with Crippen molar-refractivity contribution in [2.75, 3.05) is 13.7 Å². The van der Waals surface area contributed by atoms with Crippen molar-refractivity contribution in [1.82, 2.24) is 4.72 Å². The lowest BCUT2D eigenvalue weighted by Crippen LogP contribution is -2.35. The number of methoxy groups -OCH3 is 1. The summed E-state index contributed by atoms with van der Waals surface area (Å²) in [7, 11) is -3.10. The van der Waals surface area contributed by atoms with Gasteiger partial charge in [-0.15, -0.1) is 0 Å². The van der Waals surface area contributed by atoms with E-state index in [1.165, 1.54) is 7.11 Å². The number of ether oxygens (including phenoxy) is 1. The van der Waals surface area contributed by atoms with Crippen molar-refractivity contribution >= 4 is 15.7 Å². The minimum atomic E-state index is -4.27. The number of alkyl halides is 2. The topological polar surface area (TPSA) is 119 Å². The fourth-order valence-electron chi connectivity index (χ4n) is 1.35. The molecule has 0 saturated carbocycles. The number of nitro groups is 1. The van der Waals surface area contributed by atoms with Gasteiger partial charge in [0.25, 0.3) is 6.43 Å². The Balaban J connectivity index is 3.04. The van der Waals surface area contributed by atoms with E-state index in [-0.39, 0.29) is 5.75 Å². The summed E-state index contributed by atoms with van der Waals surface area (Å²) in [5.41, 5.74) is -0.588. The van der Waals surface area contributed by atoms with Gasteiger partial charge in [0, 0.05) is 12.6 Å². The summed E-state index contributed by atoms with van der Waals surface area (Å²) in [6, 6.07) is 2.81. The number of halogens is 2. The third kappa shape index (κ3) is 4.31. The molecule has 0 aliphatic rings. The van der Waals surface area contributed by atoms with Gasteiger partial charge < -0.3 is 9.84 Å². The number of aliphatic hydroxyl groups excluding tert-OH is 1. The Hall–Kier alpha value is -1.85. The van der Waals surface area contributed by atoms with Gasteiger partial charge in [0.15, 0.2) is 5.75 Å². The monoisotopic (exact) mass is 326 g/mol. The van der Waals surface area contributed by atoms with Crippen LogP contribution in [0.15, 0.2) is 23.1 Å². The zero-order valence-corrected chi connectivity index (χ0v) is 11.5. The van der Waals surface area contributed by atoms with Gasteiger partial charge in [0.2, 0.25) is 10.0 Å². The highest BCUT2D eigenvalue weighted by Gasteiger charge is 2.24. The minimum Gasteiger partial charge on any atom is -0.490 e. The van der Waals surface area contributed by atoms with E-state index in [1.807, 2.05) is 0 Å². The van der Waals surface area contributed by atoms with E-state index in [0.717, 1.165) is 18.2 Å². The molecular formula is C10H12F2N2O6S. The van der Waals surface area contributed by atoms with Crippen LogP contribution in [0.4, 0.5) is 14.5 Å². The Labute approximate surface area is 118 Å².